The van der Waals surface area contributed by atoms with E-state index in [4.69, 9.17) is 9.47 Å². The first-order valence-corrected chi connectivity index (χ1v) is 8.03. The van der Waals surface area contributed by atoms with E-state index in [-0.39, 0.29) is 23.3 Å². The third kappa shape index (κ3) is 3.15. The summed E-state index contributed by atoms with van der Waals surface area (Å²) in [6, 6.07) is 12.6. The molecule has 1 aliphatic rings. The lowest BCUT2D eigenvalue weighted by molar-refractivity contribution is 0.0172. The van der Waals surface area contributed by atoms with Gasteiger partial charge in [0.25, 0.3) is 5.91 Å². The third-order valence-corrected chi connectivity index (χ3v) is 4.22. The minimum Gasteiger partial charge on any atom is -0.507 e. The van der Waals surface area contributed by atoms with Crippen molar-refractivity contribution in [2.24, 2.45) is 0 Å². The first kappa shape index (κ1) is 16.2. The molecule has 5 heteroatoms. The Hall–Kier alpha value is -2.69. The van der Waals surface area contributed by atoms with Gasteiger partial charge in [-0.25, -0.2) is 0 Å². The van der Waals surface area contributed by atoms with Crippen LogP contribution in [0.15, 0.2) is 42.5 Å². The van der Waals surface area contributed by atoms with Crippen LogP contribution in [0.25, 0.3) is 0 Å². The summed E-state index contributed by atoms with van der Waals surface area (Å²) >= 11 is 0. The normalized spacial score (nSPS) is 14.2. The molecule has 5 nitrogen and oxygen atoms in total. The molecule has 0 atom stereocenters. The smallest absolute Gasteiger partial charge is 0.258 e. The third-order valence-electron chi connectivity index (χ3n) is 4.22. The summed E-state index contributed by atoms with van der Waals surface area (Å²) in [7, 11) is 1.53. The highest BCUT2D eigenvalue weighted by Gasteiger charge is 2.34. The number of nitrogens with zero attached hydrogens (tertiary/aromatic N) is 1. The Morgan fingerprint density at radius 1 is 1.25 bits per heavy atom. The van der Waals surface area contributed by atoms with Gasteiger partial charge in [0.1, 0.15) is 23.4 Å². The van der Waals surface area contributed by atoms with Crippen molar-refractivity contribution in [3.63, 3.8) is 0 Å². The minimum atomic E-state index is -0.213. The second-order valence-corrected chi connectivity index (χ2v) is 5.79. The summed E-state index contributed by atoms with van der Waals surface area (Å²) in [5, 5.41) is 9.90. The Labute approximate surface area is 141 Å². The molecule has 1 heterocycles. The lowest BCUT2D eigenvalue weighted by Crippen LogP contribution is -2.56. The molecule has 1 N–H and O–H groups in total. The molecule has 24 heavy (non-hydrogen) atoms. The summed E-state index contributed by atoms with van der Waals surface area (Å²) in [6.07, 6.45) is 0.887. The van der Waals surface area contributed by atoms with Gasteiger partial charge in [0, 0.05) is 0 Å². The number of likely N-dealkylation sites (tertiary alicyclic amines) is 1. The van der Waals surface area contributed by atoms with E-state index >= 15 is 0 Å². The molecule has 3 rings (SSSR count). The average molecular weight is 327 g/mol. The minimum absolute atomic E-state index is 0.0191. The Bertz CT molecular complexity index is 738. The molecule has 2 aromatic rings. The lowest BCUT2D eigenvalue weighted by Gasteiger charge is -2.39. The van der Waals surface area contributed by atoms with Gasteiger partial charge in [-0.05, 0) is 36.2 Å². The summed E-state index contributed by atoms with van der Waals surface area (Å²) < 4.78 is 11.1. The van der Waals surface area contributed by atoms with Gasteiger partial charge < -0.3 is 19.5 Å². The van der Waals surface area contributed by atoms with E-state index in [0.29, 0.717) is 18.8 Å². The van der Waals surface area contributed by atoms with Gasteiger partial charge in [-0.1, -0.05) is 25.1 Å². The molecule has 0 spiro atoms. The van der Waals surface area contributed by atoms with Crippen LogP contribution in [-0.4, -0.2) is 42.2 Å². The predicted molar refractivity (Wildman–Crippen MR) is 90.8 cm³/mol. The van der Waals surface area contributed by atoms with Crippen LogP contribution >= 0.6 is 0 Å². The van der Waals surface area contributed by atoms with E-state index in [1.165, 1.54) is 13.2 Å². The van der Waals surface area contributed by atoms with Crippen molar-refractivity contribution in [1.29, 1.82) is 0 Å². The summed E-state index contributed by atoms with van der Waals surface area (Å²) in [5.74, 6) is 1.17. The largest absolute Gasteiger partial charge is 0.507 e. The number of phenolic OH excluding ortho intramolecular Hbond substituents is 1. The monoisotopic (exact) mass is 327 g/mol. The molecule has 1 aliphatic heterocycles. The second kappa shape index (κ2) is 6.83. The van der Waals surface area contributed by atoms with Crippen molar-refractivity contribution in [3.8, 4) is 17.2 Å². The number of aryl methyl sites for hydroxylation is 1. The molecule has 0 bridgehead atoms. The second-order valence-electron chi connectivity index (χ2n) is 5.79. The highest BCUT2D eigenvalue weighted by molar-refractivity contribution is 5.97. The molecule has 126 valence electrons. The number of rotatable bonds is 5. The van der Waals surface area contributed by atoms with E-state index in [9.17, 15) is 9.90 Å². The zero-order valence-electron chi connectivity index (χ0n) is 13.9. The highest BCUT2D eigenvalue weighted by Crippen LogP contribution is 2.28. The molecule has 0 aromatic heterocycles. The summed E-state index contributed by atoms with van der Waals surface area (Å²) in [5.41, 5.74) is 1.41. The maximum Gasteiger partial charge on any atom is 0.258 e. The molecule has 1 saturated heterocycles. The Morgan fingerprint density at radius 3 is 2.71 bits per heavy atom. The molecule has 1 amide bonds. The molecule has 1 fully saturated rings. The van der Waals surface area contributed by atoms with Gasteiger partial charge in [-0.3, -0.25) is 4.79 Å². The average Bonchev–Trinajstić information content (AvgIpc) is 2.58. The number of para-hydroxylation sites is 1. The SMILES string of the molecule is CCc1ccccc1OC1CN(C(=O)c2cc(OC)ccc2O)C1. The molecular weight excluding hydrogens is 306 g/mol. The zero-order chi connectivity index (χ0) is 17.1. The van der Waals surface area contributed by atoms with Crippen LogP contribution in [0.5, 0.6) is 17.2 Å². The van der Waals surface area contributed by atoms with Gasteiger partial charge in [-0.15, -0.1) is 0 Å². The Kier molecular flexibility index (Phi) is 4.60. The van der Waals surface area contributed by atoms with Crippen molar-refractivity contribution in [2.75, 3.05) is 20.2 Å². The van der Waals surface area contributed by atoms with Gasteiger partial charge in [-0.2, -0.15) is 0 Å². The molecule has 2 aromatic carbocycles. The molecule has 0 saturated carbocycles. The number of ether oxygens (including phenoxy) is 2. The van der Waals surface area contributed by atoms with Crippen LogP contribution in [0, 0.1) is 0 Å². The fourth-order valence-electron chi connectivity index (χ4n) is 2.75. The first-order valence-electron chi connectivity index (χ1n) is 8.03. The standard InChI is InChI=1S/C19H21NO4/c1-3-13-6-4-5-7-18(13)24-15-11-20(12-15)19(22)16-10-14(23-2)8-9-17(16)21/h4-10,15,21H,3,11-12H2,1-2H3. The number of carbonyl (C=O) groups is 1. The van der Waals surface area contributed by atoms with E-state index in [1.807, 2.05) is 24.3 Å². The quantitative estimate of drug-likeness (QED) is 0.917. The molecule has 0 aliphatic carbocycles. The first-order chi connectivity index (χ1) is 11.6. The van der Waals surface area contributed by atoms with Gasteiger partial charge in [0.05, 0.1) is 25.8 Å². The predicted octanol–water partition coefficient (Wildman–Crippen LogP) is 2.87. The van der Waals surface area contributed by atoms with Crippen LogP contribution < -0.4 is 9.47 Å². The van der Waals surface area contributed by atoms with Crippen molar-refractivity contribution in [3.05, 3.63) is 53.6 Å². The van der Waals surface area contributed by atoms with Crippen molar-refractivity contribution in [1.82, 2.24) is 4.90 Å². The zero-order valence-corrected chi connectivity index (χ0v) is 13.9. The summed E-state index contributed by atoms with van der Waals surface area (Å²) in [4.78, 5) is 14.2. The highest BCUT2D eigenvalue weighted by atomic mass is 16.5. The number of hydrogen-bond acceptors (Lipinski definition) is 4. The van der Waals surface area contributed by atoms with Crippen LogP contribution in [0.2, 0.25) is 0 Å². The van der Waals surface area contributed by atoms with Gasteiger partial charge in [0.2, 0.25) is 0 Å². The van der Waals surface area contributed by atoms with Crippen molar-refractivity contribution < 1.29 is 19.4 Å². The van der Waals surface area contributed by atoms with Crippen LogP contribution in [0.3, 0.4) is 0 Å². The van der Waals surface area contributed by atoms with E-state index < -0.39 is 0 Å². The van der Waals surface area contributed by atoms with E-state index in [2.05, 4.69) is 6.92 Å². The fourth-order valence-corrected chi connectivity index (χ4v) is 2.75. The number of aromatic hydroxyl groups is 1. The lowest BCUT2D eigenvalue weighted by atomic mass is 10.1. The van der Waals surface area contributed by atoms with Crippen molar-refractivity contribution in [2.45, 2.75) is 19.4 Å². The van der Waals surface area contributed by atoms with Crippen molar-refractivity contribution >= 4 is 5.91 Å². The Morgan fingerprint density at radius 2 is 2.00 bits per heavy atom. The maximum atomic E-state index is 12.5. The van der Waals surface area contributed by atoms with Gasteiger partial charge in [0.15, 0.2) is 0 Å². The van der Waals surface area contributed by atoms with E-state index in [0.717, 1.165) is 17.7 Å². The number of carbonyl (C=O) groups excluding carboxylic acids is 1. The number of methoxy groups -OCH3 is 1. The number of benzene rings is 2. The molecular formula is C19H21NO4. The maximum absolute atomic E-state index is 12.5. The number of phenols is 1. The number of amides is 1. The molecule has 0 radical (unpaired) electrons. The number of hydrogen-bond donors (Lipinski definition) is 1. The fraction of sp³-hybridized carbons (Fsp3) is 0.316. The summed E-state index contributed by atoms with van der Waals surface area (Å²) in [6.45, 7) is 3.10. The van der Waals surface area contributed by atoms with E-state index in [1.54, 1.807) is 17.0 Å². The Balaban J connectivity index is 1.63. The molecule has 0 unspecified atom stereocenters. The van der Waals surface area contributed by atoms with Crippen LogP contribution in [0.1, 0.15) is 22.8 Å². The van der Waals surface area contributed by atoms with Crippen LogP contribution in [-0.2, 0) is 6.42 Å². The van der Waals surface area contributed by atoms with Gasteiger partial charge >= 0.3 is 0 Å². The topological polar surface area (TPSA) is 59.0 Å². The van der Waals surface area contributed by atoms with Crippen LogP contribution in [0.4, 0.5) is 0 Å².